The number of hydrogen-bond donors (Lipinski definition) is 1. The van der Waals surface area contributed by atoms with Crippen LogP contribution in [0.1, 0.15) is 25.6 Å². The molecule has 0 aliphatic carbocycles. The van der Waals surface area contributed by atoms with Crippen LogP contribution in [0.2, 0.25) is 5.02 Å². The van der Waals surface area contributed by atoms with Gasteiger partial charge in [-0.3, -0.25) is 9.36 Å². The number of aromatic nitrogens is 2. The van der Waals surface area contributed by atoms with Crippen LogP contribution < -0.4 is 10.9 Å². The second-order valence-electron chi connectivity index (χ2n) is 5.22. The highest BCUT2D eigenvalue weighted by atomic mass is 35.5. The van der Waals surface area contributed by atoms with Gasteiger partial charge in [-0.15, -0.1) is 0 Å². The van der Waals surface area contributed by atoms with E-state index in [-0.39, 0.29) is 5.56 Å². The molecule has 1 fully saturated rings. The maximum atomic E-state index is 12.7. The van der Waals surface area contributed by atoms with Crippen LogP contribution in [0.4, 0.5) is 0 Å². The lowest BCUT2D eigenvalue weighted by Crippen LogP contribution is -2.34. The van der Waals surface area contributed by atoms with Gasteiger partial charge < -0.3 is 5.32 Å². The van der Waals surface area contributed by atoms with Crippen LogP contribution in [0.15, 0.2) is 23.0 Å². The smallest absolute Gasteiger partial charge is 0.262 e. The summed E-state index contributed by atoms with van der Waals surface area (Å²) in [5.74, 6) is 0.832. The number of nitrogens with zero attached hydrogens (tertiary/aromatic N) is 2. The van der Waals surface area contributed by atoms with Crippen LogP contribution >= 0.6 is 11.6 Å². The van der Waals surface area contributed by atoms with Crippen molar-refractivity contribution in [3.05, 3.63) is 39.4 Å². The standard InChI is InChI=1S/C15H18ClN3O/c1-2-13-18-12-7-3-6-11(16)14(12)15(20)19(13)9-10-5-4-8-17-10/h3,6-7,10,17H,2,4-5,8-9H2,1H3. The summed E-state index contributed by atoms with van der Waals surface area (Å²) in [6, 6.07) is 5.79. The van der Waals surface area contributed by atoms with Crippen LogP contribution in [0.5, 0.6) is 0 Å². The first-order valence-corrected chi connectivity index (χ1v) is 7.50. The molecule has 4 nitrogen and oxygen atoms in total. The Hall–Kier alpha value is -1.39. The lowest BCUT2D eigenvalue weighted by molar-refractivity contribution is 0.484. The van der Waals surface area contributed by atoms with E-state index in [9.17, 15) is 4.79 Å². The van der Waals surface area contributed by atoms with Crippen molar-refractivity contribution in [2.75, 3.05) is 6.54 Å². The van der Waals surface area contributed by atoms with Crippen molar-refractivity contribution in [3.63, 3.8) is 0 Å². The molecule has 106 valence electrons. The Bertz CT molecular complexity index is 689. The van der Waals surface area contributed by atoms with E-state index in [1.54, 1.807) is 10.6 Å². The van der Waals surface area contributed by atoms with E-state index in [1.807, 2.05) is 19.1 Å². The quantitative estimate of drug-likeness (QED) is 0.944. The molecule has 1 aromatic heterocycles. The molecular formula is C15H18ClN3O. The van der Waals surface area contributed by atoms with Gasteiger partial charge in [0.05, 0.1) is 15.9 Å². The van der Waals surface area contributed by atoms with Gasteiger partial charge in [0.1, 0.15) is 5.82 Å². The molecule has 1 aliphatic heterocycles. The van der Waals surface area contributed by atoms with E-state index in [2.05, 4.69) is 10.3 Å². The van der Waals surface area contributed by atoms with Crippen LogP contribution in [0.25, 0.3) is 10.9 Å². The van der Waals surface area contributed by atoms with Crippen LogP contribution in [0.3, 0.4) is 0 Å². The number of nitrogens with one attached hydrogen (secondary N) is 1. The fraction of sp³-hybridized carbons (Fsp3) is 0.467. The minimum absolute atomic E-state index is 0.0221. The van der Waals surface area contributed by atoms with Crippen LogP contribution in [-0.2, 0) is 13.0 Å². The third kappa shape index (κ3) is 2.34. The highest BCUT2D eigenvalue weighted by molar-refractivity contribution is 6.35. The SMILES string of the molecule is CCc1nc2cccc(Cl)c2c(=O)n1CC1CCCN1. The molecule has 0 radical (unpaired) electrons. The van der Waals surface area contributed by atoms with E-state index in [4.69, 9.17) is 11.6 Å². The number of hydrogen-bond acceptors (Lipinski definition) is 3. The Balaban J connectivity index is 2.15. The van der Waals surface area contributed by atoms with Gasteiger partial charge in [-0.2, -0.15) is 0 Å². The molecule has 2 heterocycles. The van der Waals surface area contributed by atoms with Crippen LogP contribution in [-0.4, -0.2) is 22.1 Å². The minimum Gasteiger partial charge on any atom is -0.312 e. The second kappa shape index (κ2) is 5.54. The van der Waals surface area contributed by atoms with Crippen molar-refractivity contribution >= 4 is 22.5 Å². The van der Waals surface area contributed by atoms with Crippen molar-refractivity contribution in [1.29, 1.82) is 0 Å². The van der Waals surface area contributed by atoms with Gasteiger partial charge in [0.25, 0.3) is 5.56 Å². The molecule has 0 saturated carbocycles. The zero-order valence-corrected chi connectivity index (χ0v) is 12.3. The maximum Gasteiger partial charge on any atom is 0.262 e. The topological polar surface area (TPSA) is 46.9 Å². The fourth-order valence-electron chi connectivity index (χ4n) is 2.86. The average Bonchev–Trinajstić information content (AvgIpc) is 2.94. The van der Waals surface area contributed by atoms with Crippen molar-refractivity contribution in [2.24, 2.45) is 0 Å². The first kappa shape index (κ1) is 13.6. The average molecular weight is 292 g/mol. The van der Waals surface area contributed by atoms with Gasteiger partial charge in [-0.25, -0.2) is 4.98 Å². The Kier molecular flexibility index (Phi) is 3.76. The van der Waals surface area contributed by atoms with Gasteiger partial charge in [-0.05, 0) is 31.5 Å². The van der Waals surface area contributed by atoms with Gasteiger partial charge in [-0.1, -0.05) is 24.6 Å². The molecule has 20 heavy (non-hydrogen) atoms. The number of fused-ring (bicyclic) bond motifs is 1. The molecule has 1 unspecified atom stereocenters. The lowest BCUT2D eigenvalue weighted by atomic mass is 10.2. The first-order chi connectivity index (χ1) is 9.70. The van der Waals surface area contributed by atoms with Crippen molar-refractivity contribution in [3.8, 4) is 0 Å². The van der Waals surface area contributed by atoms with Gasteiger partial charge in [0.15, 0.2) is 0 Å². The minimum atomic E-state index is -0.0221. The third-order valence-corrected chi connectivity index (χ3v) is 4.21. The number of halogens is 1. The summed E-state index contributed by atoms with van der Waals surface area (Å²) < 4.78 is 1.79. The fourth-order valence-corrected chi connectivity index (χ4v) is 3.11. The number of rotatable bonds is 3. The monoisotopic (exact) mass is 291 g/mol. The van der Waals surface area contributed by atoms with Crippen LogP contribution in [0, 0.1) is 0 Å². The molecule has 1 atom stereocenters. The molecule has 0 spiro atoms. The predicted octanol–water partition coefficient (Wildman–Crippen LogP) is 2.36. The van der Waals surface area contributed by atoms with Gasteiger partial charge >= 0.3 is 0 Å². The molecule has 1 saturated heterocycles. The highest BCUT2D eigenvalue weighted by Gasteiger charge is 2.18. The normalized spacial score (nSPS) is 18.8. The zero-order valence-electron chi connectivity index (χ0n) is 11.5. The molecule has 1 aromatic carbocycles. The van der Waals surface area contributed by atoms with E-state index in [0.29, 0.717) is 28.5 Å². The molecular weight excluding hydrogens is 274 g/mol. The Morgan fingerprint density at radius 3 is 3.05 bits per heavy atom. The first-order valence-electron chi connectivity index (χ1n) is 7.12. The molecule has 1 aliphatic rings. The number of benzene rings is 1. The summed E-state index contributed by atoms with van der Waals surface area (Å²) in [5.41, 5.74) is 0.668. The summed E-state index contributed by atoms with van der Waals surface area (Å²) in [6.07, 6.45) is 3.02. The van der Waals surface area contributed by atoms with E-state index in [0.717, 1.165) is 25.2 Å². The number of aryl methyl sites for hydroxylation is 1. The van der Waals surface area contributed by atoms with E-state index >= 15 is 0 Å². The van der Waals surface area contributed by atoms with Crippen molar-refractivity contribution in [1.82, 2.24) is 14.9 Å². The van der Waals surface area contributed by atoms with Crippen molar-refractivity contribution < 1.29 is 0 Å². The summed E-state index contributed by atoms with van der Waals surface area (Å²) in [5, 5.41) is 4.44. The summed E-state index contributed by atoms with van der Waals surface area (Å²) in [6.45, 7) is 3.73. The summed E-state index contributed by atoms with van der Waals surface area (Å²) in [4.78, 5) is 17.3. The van der Waals surface area contributed by atoms with Gasteiger partial charge in [0.2, 0.25) is 0 Å². The molecule has 3 rings (SSSR count). The largest absolute Gasteiger partial charge is 0.312 e. The molecule has 1 N–H and O–H groups in total. The van der Waals surface area contributed by atoms with Crippen molar-refractivity contribution in [2.45, 2.75) is 38.8 Å². The zero-order chi connectivity index (χ0) is 14.1. The summed E-state index contributed by atoms with van der Waals surface area (Å²) in [7, 11) is 0. The maximum absolute atomic E-state index is 12.7. The lowest BCUT2D eigenvalue weighted by Gasteiger charge is -2.17. The molecule has 0 bridgehead atoms. The molecule has 0 amide bonds. The predicted molar refractivity (Wildman–Crippen MR) is 81.4 cm³/mol. The van der Waals surface area contributed by atoms with E-state index in [1.165, 1.54) is 6.42 Å². The molecule has 2 aromatic rings. The highest BCUT2D eigenvalue weighted by Crippen LogP contribution is 2.19. The van der Waals surface area contributed by atoms with Gasteiger partial charge in [0, 0.05) is 19.0 Å². The Morgan fingerprint density at radius 1 is 1.50 bits per heavy atom. The Morgan fingerprint density at radius 2 is 2.35 bits per heavy atom. The Labute approximate surface area is 122 Å². The second-order valence-corrected chi connectivity index (χ2v) is 5.63. The van der Waals surface area contributed by atoms with E-state index < -0.39 is 0 Å². The third-order valence-electron chi connectivity index (χ3n) is 3.89. The molecule has 5 heteroatoms. The summed E-state index contributed by atoms with van der Waals surface area (Å²) >= 11 is 6.18.